The summed E-state index contributed by atoms with van der Waals surface area (Å²) < 4.78 is 0. The first-order valence-corrected chi connectivity index (χ1v) is 5.79. The molecule has 1 N–H and O–H groups in total. The smallest absolute Gasteiger partial charge is 0.0465 e. The SMILES string of the molecule is CCc1ccc2[nH]c3ccc(C)cc3c2c1. The minimum atomic E-state index is 1.09. The Morgan fingerprint density at radius 3 is 2.38 bits per heavy atom. The molecule has 3 aromatic rings. The highest BCUT2D eigenvalue weighted by molar-refractivity contribution is 6.07. The fourth-order valence-electron chi connectivity index (χ4n) is 2.28. The molecule has 0 saturated carbocycles. The van der Waals surface area contributed by atoms with Crippen molar-refractivity contribution in [1.82, 2.24) is 4.98 Å². The number of aromatic amines is 1. The number of nitrogens with one attached hydrogen (secondary N) is 1. The van der Waals surface area contributed by atoms with Crippen LogP contribution in [0.5, 0.6) is 0 Å². The fourth-order valence-corrected chi connectivity index (χ4v) is 2.28. The van der Waals surface area contributed by atoms with Crippen LogP contribution in [0.15, 0.2) is 36.4 Å². The van der Waals surface area contributed by atoms with Gasteiger partial charge in [-0.1, -0.05) is 24.6 Å². The standard InChI is InChI=1S/C15H15N/c1-3-11-5-7-15-13(9-11)12-8-10(2)4-6-14(12)16-15/h4-9,16H,3H2,1-2H3. The summed E-state index contributed by atoms with van der Waals surface area (Å²) in [7, 11) is 0. The van der Waals surface area contributed by atoms with E-state index in [0.29, 0.717) is 0 Å². The van der Waals surface area contributed by atoms with E-state index in [1.165, 1.54) is 32.9 Å². The van der Waals surface area contributed by atoms with Gasteiger partial charge < -0.3 is 4.98 Å². The molecule has 2 aromatic carbocycles. The topological polar surface area (TPSA) is 15.8 Å². The van der Waals surface area contributed by atoms with Gasteiger partial charge >= 0.3 is 0 Å². The van der Waals surface area contributed by atoms with Crippen LogP contribution in [0.1, 0.15) is 18.1 Å². The van der Waals surface area contributed by atoms with Crippen LogP contribution in [-0.4, -0.2) is 4.98 Å². The summed E-state index contributed by atoms with van der Waals surface area (Å²) in [6, 6.07) is 13.3. The maximum atomic E-state index is 3.46. The van der Waals surface area contributed by atoms with E-state index in [4.69, 9.17) is 0 Å². The van der Waals surface area contributed by atoms with Crippen molar-refractivity contribution in [1.29, 1.82) is 0 Å². The van der Waals surface area contributed by atoms with Crippen LogP contribution in [0.25, 0.3) is 21.8 Å². The molecule has 1 heteroatoms. The lowest BCUT2D eigenvalue weighted by atomic mass is 10.1. The second kappa shape index (κ2) is 3.38. The normalized spacial score (nSPS) is 11.4. The van der Waals surface area contributed by atoms with Gasteiger partial charge in [0.2, 0.25) is 0 Å². The zero-order valence-electron chi connectivity index (χ0n) is 9.67. The predicted molar refractivity (Wildman–Crippen MR) is 69.9 cm³/mol. The van der Waals surface area contributed by atoms with E-state index in [2.05, 4.69) is 55.2 Å². The molecule has 0 radical (unpaired) electrons. The lowest BCUT2D eigenvalue weighted by Crippen LogP contribution is -1.78. The van der Waals surface area contributed by atoms with Crippen molar-refractivity contribution in [3.63, 3.8) is 0 Å². The number of fused-ring (bicyclic) bond motifs is 3. The fraction of sp³-hybridized carbons (Fsp3) is 0.200. The molecule has 1 heterocycles. The maximum absolute atomic E-state index is 3.46. The Morgan fingerprint density at radius 2 is 1.62 bits per heavy atom. The van der Waals surface area contributed by atoms with Gasteiger partial charge in [-0.3, -0.25) is 0 Å². The van der Waals surface area contributed by atoms with E-state index in [0.717, 1.165) is 6.42 Å². The average molecular weight is 209 g/mol. The van der Waals surface area contributed by atoms with E-state index in [1.807, 2.05) is 0 Å². The summed E-state index contributed by atoms with van der Waals surface area (Å²) in [4.78, 5) is 3.46. The van der Waals surface area contributed by atoms with Crippen molar-refractivity contribution in [3.05, 3.63) is 47.5 Å². The van der Waals surface area contributed by atoms with Gasteiger partial charge in [0.25, 0.3) is 0 Å². The first-order valence-electron chi connectivity index (χ1n) is 5.79. The third-order valence-corrected chi connectivity index (χ3v) is 3.23. The second-order valence-electron chi connectivity index (χ2n) is 4.41. The molecular formula is C15H15N. The van der Waals surface area contributed by atoms with Crippen LogP contribution in [0.2, 0.25) is 0 Å². The van der Waals surface area contributed by atoms with E-state index in [-0.39, 0.29) is 0 Å². The van der Waals surface area contributed by atoms with Crippen molar-refractivity contribution < 1.29 is 0 Å². The van der Waals surface area contributed by atoms with Crippen molar-refractivity contribution >= 4 is 21.8 Å². The highest BCUT2D eigenvalue weighted by Crippen LogP contribution is 2.27. The number of hydrogen-bond acceptors (Lipinski definition) is 0. The number of benzene rings is 2. The molecule has 0 aliphatic heterocycles. The molecular weight excluding hydrogens is 194 g/mol. The van der Waals surface area contributed by atoms with Crippen LogP contribution in [0, 0.1) is 6.92 Å². The maximum Gasteiger partial charge on any atom is 0.0465 e. The first kappa shape index (κ1) is 9.46. The molecule has 0 amide bonds. The molecule has 0 fully saturated rings. The van der Waals surface area contributed by atoms with Crippen molar-refractivity contribution in [3.8, 4) is 0 Å². The Labute approximate surface area is 95.1 Å². The number of rotatable bonds is 1. The Bertz CT molecular complexity index is 662. The molecule has 0 aliphatic carbocycles. The summed E-state index contributed by atoms with van der Waals surface area (Å²) >= 11 is 0. The molecule has 0 bridgehead atoms. The summed E-state index contributed by atoms with van der Waals surface area (Å²) in [5, 5.41) is 2.68. The van der Waals surface area contributed by atoms with Gasteiger partial charge in [-0.2, -0.15) is 0 Å². The van der Waals surface area contributed by atoms with Gasteiger partial charge in [0, 0.05) is 21.8 Å². The van der Waals surface area contributed by atoms with Gasteiger partial charge in [-0.25, -0.2) is 0 Å². The number of H-pyrrole nitrogens is 1. The average Bonchev–Trinajstić information content (AvgIpc) is 2.66. The van der Waals surface area contributed by atoms with E-state index in [9.17, 15) is 0 Å². The Hall–Kier alpha value is -1.76. The monoisotopic (exact) mass is 209 g/mol. The largest absolute Gasteiger partial charge is 0.355 e. The summed E-state index contributed by atoms with van der Waals surface area (Å²) in [6.07, 6.45) is 1.09. The Kier molecular flexibility index (Phi) is 2.00. The molecule has 80 valence electrons. The third-order valence-electron chi connectivity index (χ3n) is 3.23. The van der Waals surface area contributed by atoms with Gasteiger partial charge in [-0.05, 0) is 43.2 Å². The van der Waals surface area contributed by atoms with Gasteiger partial charge in [0.05, 0.1) is 0 Å². The Balaban J connectivity index is 2.44. The zero-order chi connectivity index (χ0) is 11.1. The molecule has 0 aliphatic rings. The van der Waals surface area contributed by atoms with E-state index >= 15 is 0 Å². The molecule has 1 aromatic heterocycles. The van der Waals surface area contributed by atoms with Crippen molar-refractivity contribution in [2.24, 2.45) is 0 Å². The number of aryl methyl sites for hydroxylation is 2. The second-order valence-corrected chi connectivity index (χ2v) is 4.41. The van der Waals surface area contributed by atoms with Crippen molar-refractivity contribution in [2.75, 3.05) is 0 Å². The molecule has 16 heavy (non-hydrogen) atoms. The van der Waals surface area contributed by atoms with Gasteiger partial charge in [0.15, 0.2) is 0 Å². The molecule has 1 nitrogen and oxygen atoms in total. The Morgan fingerprint density at radius 1 is 0.938 bits per heavy atom. The highest BCUT2D eigenvalue weighted by Gasteiger charge is 2.04. The number of hydrogen-bond donors (Lipinski definition) is 1. The van der Waals surface area contributed by atoms with Gasteiger partial charge in [-0.15, -0.1) is 0 Å². The third kappa shape index (κ3) is 1.32. The van der Waals surface area contributed by atoms with Gasteiger partial charge in [0.1, 0.15) is 0 Å². The minimum Gasteiger partial charge on any atom is -0.355 e. The summed E-state index contributed by atoms with van der Waals surface area (Å²) in [5.41, 5.74) is 5.18. The van der Waals surface area contributed by atoms with Crippen LogP contribution in [0.3, 0.4) is 0 Å². The van der Waals surface area contributed by atoms with Crippen LogP contribution >= 0.6 is 0 Å². The van der Waals surface area contributed by atoms with Crippen LogP contribution < -0.4 is 0 Å². The zero-order valence-corrected chi connectivity index (χ0v) is 9.67. The van der Waals surface area contributed by atoms with Crippen molar-refractivity contribution in [2.45, 2.75) is 20.3 Å². The summed E-state index contributed by atoms with van der Waals surface area (Å²) in [5.74, 6) is 0. The quantitative estimate of drug-likeness (QED) is 0.618. The predicted octanol–water partition coefficient (Wildman–Crippen LogP) is 4.19. The summed E-state index contributed by atoms with van der Waals surface area (Å²) in [6.45, 7) is 4.34. The van der Waals surface area contributed by atoms with E-state index < -0.39 is 0 Å². The lowest BCUT2D eigenvalue weighted by molar-refractivity contribution is 1.15. The molecule has 3 rings (SSSR count). The number of aromatic nitrogens is 1. The molecule has 0 saturated heterocycles. The molecule has 0 spiro atoms. The van der Waals surface area contributed by atoms with Crippen LogP contribution in [0.4, 0.5) is 0 Å². The molecule has 0 unspecified atom stereocenters. The molecule has 0 atom stereocenters. The first-order chi connectivity index (χ1) is 7.78. The lowest BCUT2D eigenvalue weighted by Gasteiger charge is -1.97. The highest BCUT2D eigenvalue weighted by atomic mass is 14.7. The minimum absolute atomic E-state index is 1.09. The van der Waals surface area contributed by atoms with E-state index in [1.54, 1.807) is 0 Å². The van der Waals surface area contributed by atoms with Crippen LogP contribution in [-0.2, 0) is 6.42 Å².